The lowest BCUT2D eigenvalue weighted by Crippen LogP contribution is -2.15. The van der Waals surface area contributed by atoms with E-state index in [4.69, 9.17) is 4.84 Å². The van der Waals surface area contributed by atoms with E-state index < -0.39 is 11.6 Å². The van der Waals surface area contributed by atoms with E-state index in [2.05, 4.69) is 5.16 Å². The van der Waals surface area contributed by atoms with Crippen molar-refractivity contribution >= 4 is 17.5 Å². The smallest absolute Gasteiger partial charge is 0.391 e. The third kappa shape index (κ3) is 3.66. The lowest BCUT2D eigenvalue weighted by atomic mass is 10.1. The summed E-state index contributed by atoms with van der Waals surface area (Å²) in [7, 11) is 0. The first-order valence-electron chi connectivity index (χ1n) is 5.03. The Balaban J connectivity index is 1.87. The van der Waals surface area contributed by atoms with Crippen LogP contribution in [-0.2, 0) is 4.84 Å². The lowest BCUT2D eigenvalue weighted by molar-refractivity contribution is -0.0336. The zero-order valence-corrected chi connectivity index (χ0v) is 9.59. The van der Waals surface area contributed by atoms with Crippen LogP contribution in [-0.4, -0.2) is 23.1 Å². The minimum absolute atomic E-state index is 0.0703. The van der Waals surface area contributed by atoms with E-state index in [9.17, 15) is 13.2 Å². The average molecular weight is 261 g/mol. The molecule has 0 bridgehead atoms. The molecule has 2 rings (SSSR count). The minimum atomic E-state index is -4.21. The predicted octanol–water partition coefficient (Wildman–Crippen LogP) is 3.43. The van der Waals surface area contributed by atoms with Gasteiger partial charge in [-0.3, -0.25) is 0 Å². The zero-order chi connectivity index (χ0) is 12.3. The first-order chi connectivity index (χ1) is 8.04. The first kappa shape index (κ1) is 12.3. The Bertz CT molecular complexity index is 405. The number of oxime groups is 1. The van der Waals surface area contributed by atoms with Crippen molar-refractivity contribution in [1.82, 2.24) is 0 Å². The Kier molecular flexibility index (Phi) is 3.61. The molecular weight excluding hydrogens is 251 g/mol. The molecule has 0 N–H and O–H groups in total. The molecule has 0 saturated heterocycles. The van der Waals surface area contributed by atoms with E-state index in [1.807, 2.05) is 30.3 Å². The lowest BCUT2D eigenvalue weighted by Gasteiger charge is -2.09. The highest BCUT2D eigenvalue weighted by atomic mass is 32.2. The van der Waals surface area contributed by atoms with Crippen molar-refractivity contribution in [1.29, 1.82) is 0 Å². The maximum Gasteiger partial charge on any atom is 0.441 e. The number of thioether (sulfide) groups is 1. The Hall–Kier alpha value is -1.17. The molecule has 17 heavy (non-hydrogen) atoms. The molecule has 0 aromatic heterocycles. The Morgan fingerprint density at radius 3 is 2.65 bits per heavy atom. The van der Waals surface area contributed by atoms with Gasteiger partial charge in [-0.25, -0.2) is 0 Å². The fraction of sp³-hybridized carbons (Fsp3) is 0.364. The van der Waals surface area contributed by atoms with Crippen LogP contribution < -0.4 is 0 Å². The topological polar surface area (TPSA) is 21.6 Å². The molecule has 1 aliphatic heterocycles. The van der Waals surface area contributed by atoms with Gasteiger partial charge in [0.2, 0.25) is 0 Å². The number of nitrogens with zero attached hydrogens (tertiary/aromatic N) is 1. The standard InChI is InChI=1S/C11H10F3NOS/c12-11(13,14)17-7-9-6-10(15-16-9)8-4-2-1-3-5-8/h1-5,9H,6-7H2. The van der Waals surface area contributed by atoms with E-state index >= 15 is 0 Å². The third-order valence-corrected chi connectivity index (χ3v) is 3.14. The van der Waals surface area contributed by atoms with Crippen molar-refractivity contribution in [2.45, 2.75) is 18.0 Å². The van der Waals surface area contributed by atoms with Crippen molar-refractivity contribution in [3.8, 4) is 0 Å². The first-order valence-corrected chi connectivity index (χ1v) is 6.02. The molecule has 0 amide bonds. The van der Waals surface area contributed by atoms with Gasteiger partial charge in [-0.05, 0) is 17.3 Å². The Morgan fingerprint density at radius 2 is 2.00 bits per heavy atom. The zero-order valence-electron chi connectivity index (χ0n) is 8.78. The van der Waals surface area contributed by atoms with Gasteiger partial charge in [0.15, 0.2) is 0 Å². The second-order valence-corrected chi connectivity index (χ2v) is 4.68. The van der Waals surface area contributed by atoms with Crippen LogP contribution in [0.25, 0.3) is 0 Å². The molecule has 1 unspecified atom stereocenters. The predicted molar refractivity (Wildman–Crippen MR) is 61.0 cm³/mol. The van der Waals surface area contributed by atoms with Gasteiger partial charge in [-0.2, -0.15) is 13.2 Å². The van der Waals surface area contributed by atoms with E-state index in [-0.39, 0.29) is 17.5 Å². The molecule has 6 heteroatoms. The van der Waals surface area contributed by atoms with Crippen LogP contribution in [0, 0.1) is 0 Å². The van der Waals surface area contributed by atoms with Gasteiger partial charge in [0, 0.05) is 12.2 Å². The summed E-state index contributed by atoms with van der Waals surface area (Å²) in [4.78, 5) is 4.98. The molecule has 0 fully saturated rings. The fourth-order valence-corrected chi connectivity index (χ4v) is 2.06. The van der Waals surface area contributed by atoms with Gasteiger partial charge >= 0.3 is 5.51 Å². The molecule has 1 aromatic rings. The van der Waals surface area contributed by atoms with Crippen LogP contribution in [0.3, 0.4) is 0 Å². The maximum atomic E-state index is 12.0. The molecule has 0 spiro atoms. The van der Waals surface area contributed by atoms with Gasteiger partial charge in [-0.15, -0.1) is 0 Å². The number of benzene rings is 1. The van der Waals surface area contributed by atoms with Crippen molar-refractivity contribution in [3.05, 3.63) is 35.9 Å². The van der Waals surface area contributed by atoms with Crippen LogP contribution in [0.15, 0.2) is 35.5 Å². The highest BCUT2D eigenvalue weighted by Crippen LogP contribution is 2.32. The average Bonchev–Trinajstić information content (AvgIpc) is 2.75. The summed E-state index contributed by atoms with van der Waals surface area (Å²) in [5.74, 6) is -0.122. The second-order valence-electron chi connectivity index (χ2n) is 3.59. The van der Waals surface area contributed by atoms with Crippen molar-refractivity contribution in [2.24, 2.45) is 5.16 Å². The van der Waals surface area contributed by atoms with E-state index in [0.717, 1.165) is 5.56 Å². The second kappa shape index (κ2) is 5.00. The number of rotatable bonds is 3. The maximum absolute atomic E-state index is 12.0. The molecule has 0 aliphatic carbocycles. The quantitative estimate of drug-likeness (QED) is 0.831. The summed E-state index contributed by atoms with van der Waals surface area (Å²) in [5.41, 5.74) is -2.61. The molecule has 1 aliphatic rings. The molecule has 0 saturated carbocycles. The van der Waals surface area contributed by atoms with Gasteiger partial charge in [0.05, 0.1) is 5.71 Å². The van der Waals surface area contributed by atoms with Crippen molar-refractivity contribution in [2.75, 3.05) is 5.75 Å². The van der Waals surface area contributed by atoms with Gasteiger partial charge in [0.25, 0.3) is 0 Å². The summed E-state index contributed by atoms with van der Waals surface area (Å²) in [6.07, 6.45) is -0.0653. The third-order valence-electron chi connectivity index (χ3n) is 2.27. The largest absolute Gasteiger partial charge is 0.441 e. The van der Waals surface area contributed by atoms with Gasteiger partial charge < -0.3 is 4.84 Å². The van der Waals surface area contributed by atoms with Crippen LogP contribution in [0.1, 0.15) is 12.0 Å². The van der Waals surface area contributed by atoms with Crippen LogP contribution >= 0.6 is 11.8 Å². The number of hydrogen-bond donors (Lipinski definition) is 0. The molecular formula is C11H10F3NOS. The monoisotopic (exact) mass is 261 g/mol. The summed E-state index contributed by atoms with van der Waals surface area (Å²) >= 11 is -0.0703. The van der Waals surface area contributed by atoms with E-state index in [1.165, 1.54) is 0 Å². The summed E-state index contributed by atoms with van der Waals surface area (Å²) < 4.78 is 36.0. The van der Waals surface area contributed by atoms with Crippen molar-refractivity contribution < 1.29 is 18.0 Å². The van der Waals surface area contributed by atoms with Crippen LogP contribution in [0.2, 0.25) is 0 Å². The number of hydrogen-bond acceptors (Lipinski definition) is 3. The molecule has 1 aromatic carbocycles. The SMILES string of the molecule is FC(F)(F)SCC1CC(c2ccccc2)=NO1. The van der Waals surface area contributed by atoms with Crippen LogP contribution in [0.4, 0.5) is 13.2 Å². The number of alkyl halides is 3. The Labute approximate surface area is 101 Å². The van der Waals surface area contributed by atoms with E-state index in [1.54, 1.807) is 0 Å². The molecule has 1 atom stereocenters. The number of halogens is 3. The summed E-state index contributed by atoms with van der Waals surface area (Å²) in [5, 5.41) is 3.82. The minimum Gasteiger partial charge on any atom is -0.391 e. The van der Waals surface area contributed by atoms with E-state index in [0.29, 0.717) is 12.1 Å². The highest BCUT2D eigenvalue weighted by molar-refractivity contribution is 8.00. The van der Waals surface area contributed by atoms with Gasteiger partial charge in [0.1, 0.15) is 6.10 Å². The van der Waals surface area contributed by atoms with Crippen molar-refractivity contribution in [3.63, 3.8) is 0 Å². The molecule has 92 valence electrons. The highest BCUT2D eigenvalue weighted by Gasteiger charge is 2.32. The molecule has 1 heterocycles. The fourth-order valence-electron chi connectivity index (χ4n) is 1.51. The normalized spacial score (nSPS) is 19.9. The molecule has 0 radical (unpaired) electrons. The summed E-state index contributed by atoms with van der Waals surface area (Å²) in [6, 6.07) is 9.31. The summed E-state index contributed by atoms with van der Waals surface area (Å²) in [6.45, 7) is 0. The van der Waals surface area contributed by atoms with Crippen LogP contribution in [0.5, 0.6) is 0 Å². The van der Waals surface area contributed by atoms with Gasteiger partial charge in [-0.1, -0.05) is 35.5 Å². The Morgan fingerprint density at radius 1 is 1.29 bits per heavy atom. The molecule has 2 nitrogen and oxygen atoms in total.